The van der Waals surface area contributed by atoms with E-state index in [2.05, 4.69) is 4.99 Å². The first-order chi connectivity index (χ1) is 8.75. The third-order valence-corrected chi connectivity index (χ3v) is 2.83. The van der Waals surface area contributed by atoms with E-state index >= 15 is 0 Å². The number of hydrogen-bond donors (Lipinski definition) is 1. The van der Waals surface area contributed by atoms with E-state index in [4.69, 9.17) is 5.73 Å². The van der Waals surface area contributed by atoms with Crippen molar-refractivity contribution in [3.05, 3.63) is 26.4 Å². The molecule has 1 atom stereocenters. The molecule has 19 heavy (non-hydrogen) atoms. The van der Waals surface area contributed by atoms with E-state index in [1.54, 1.807) is 20.9 Å². The fourth-order valence-electron chi connectivity index (χ4n) is 1.75. The Morgan fingerprint density at radius 3 is 2.47 bits per heavy atom. The molecule has 1 aromatic heterocycles. The molecule has 0 aliphatic heterocycles. The van der Waals surface area contributed by atoms with Gasteiger partial charge in [0.25, 0.3) is 5.56 Å². The number of aromatic nitrogens is 2. The Labute approximate surface area is 110 Å². The summed E-state index contributed by atoms with van der Waals surface area (Å²) in [5.41, 5.74) is 4.65. The van der Waals surface area contributed by atoms with Crippen LogP contribution < -0.4 is 17.0 Å². The molecule has 1 amide bonds. The number of amides is 1. The van der Waals surface area contributed by atoms with Gasteiger partial charge in [-0.05, 0) is 6.92 Å². The number of hydrogen-bond acceptors (Lipinski definition) is 4. The van der Waals surface area contributed by atoms with Crippen LogP contribution in [0.4, 0.5) is 5.82 Å². The Balaban J connectivity index is 3.23. The van der Waals surface area contributed by atoms with Crippen LogP contribution in [-0.4, -0.2) is 21.3 Å². The fraction of sp³-hybridized carbons (Fsp3) is 0.500. The molecule has 1 unspecified atom stereocenters. The summed E-state index contributed by atoms with van der Waals surface area (Å²) in [6, 6.07) is 0. The fourth-order valence-corrected chi connectivity index (χ4v) is 1.75. The van der Waals surface area contributed by atoms with Crippen molar-refractivity contribution >= 4 is 17.9 Å². The van der Waals surface area contributed by atoms with Crippen molar-refractivity contribution in [3.8, 4) is 0 Å². The van der Waals surface area contributed by atoms with Crippen LogP contribution in [0.1, 0.15) is 18.9 Å². The second kappa shape index (κ2) is 5.64. The molecule has 1 rings (SSSR count). The summed E-state index contributed by atoms with van der Waals surface area (Å²) in [5, 5.41) is 0. The summed E-state index contributed by atoms with van der Waals surface area (Å²) in [5.74, 6) is -0.283. The molecule has 0 aliphatic carbocycles. The van der Waals surface area contributed by atoms with Crippen LogP contribution in [0.3, 0.4) is 0 Å². The summed E-state index contributed by atoms with van der Waals surface area (Å²) >= 11 is 0. The van der Waals surface area contributed by atoms with E-state index in [0.29, 0.717) is 11.4 Å². The van der Waals surface area contributed by atoms with Crippen LogP contribution in [0.2, 0.25) is 0 Å². The zero-order valence-electron chi connectivity index (χ0n) is 11.5. The average molecular weight is 266 g/mol. The predicted octanol–water partition coefficient (Wildman–Crippen LogP) is -0.394. The van der Waals surface area contributed by atoms with Crippen LogP contribution in [0.25, 0.3) is 0 Å². The van der Waals surface area contributed by atoms with E-state index < -0.39 is 11.6 Å². The normalized spacial score (nSPS) is 12.8. The molecule has 7 heteroatoms. The zero-order valence-corrected chi connectivity index (χ0v) is 11.5. The lowest BCUT2D eigenvalue weighted by Gasteiger charge is -2.09. The first-order valence-corrected chi connectivity index (χ1v) is 5.84. The van der Waals surface area contributed by atoms with Crippen LogP contribution >= 0.6 is 0 Å². The van der Waals surface area contributed by atoms with Crippen LogP contribution in [0, 0.1) is 12.8 Å². The number of aliphatic imine (C=N–C) groups is 1. The molecule has 0 aromatic carbocycles. The highest BCUT2D eigenvalue weighted by Crippen LogP contribution is 2.11. The molecule has 0 spiro atoms. The molecule has 2 N–H and O–H groups in total. The van der Waals surface area contributed by atoms with Gasteiger partial charge in [-0.2, -0.15) is 0 Å². The maximum Gasteiger partial charge on any atom is 0.332 e. The smallest absolute Gasteiger partial charge is 0.332 e. The quantitative estimate of drug-likeness (QED) is 0.751. The molecule has 0 saturated carbocycles. The zero-order chi connectivity index (χ0) is 14.7. The van der Waals surface area contributed by atoms with Crippen molar-refractivity contribution in [2.45, 2.75) is 20.3 Å². The molecule has 0 bridgehead atoms. The highest BCUT2D eigenvalue weighted by atomic mass is 16.2. The molecular weight excluding hydrogens is 248 g/mol. The Morgan fingerprint density at radius 1 is 1.37 bits per heavy atom. The minimum absolute atomic E-state index is 0.156. The van der Waals surface area contributed by atoms with Gasteiger partial charge in [0, 0.05) is 32.6 Å². The molecule has 0 saturated heterocycles. The SMILES string of the molecule is Cc1c(/N=C\C(C)CC(N)=O)n(C)c(=O)n(C)c1=O. The van der Waals surface area contributed by atoms with Gasteiger partial charge in [0.15, 0.2) is 0 Å². The van der Waals surface area contributed by atoms with E-state index in [0.717, 1.165) is 4.57 Å². The van der Waals surface area contributed by atoms with Gasteiger partial charge >= 0.3 is 5.69 Å². The van der Waals surface area contributed by atoms with Crippen molar-refractivity contribution in [2.75, 3.05) is 0 Å². The lowest BCUT2D eigenvalue weighted by Crippen LogP contribution is -2.38. The number of carbonyl (C=O) groups is 1. The summed E-state index contributed by atoms with van der Waals surface area (Å²) in [6.07, 6.45) is 1.69. The predicted molar refractivity (Wildman–Crippen MR) is 72.8 cm³/mol. The van der Waals surface area contributed by atoms with Gasteiger partial charge in [-0.1, -0.05) is 6.92 Å². The maximum absolute atomic E-state index is 11.8. The summed E-state index contributed by atoms with van der Waals surface area (Å²) in [7, 11) is 2.96. The maximum atomic E-state index is 11.8. The van der Waals surface area contributed by atoms with Gasteiger partial charge in [-0.25, -0.2) is 9.79 Å². The second-order valence-electron chi connectivity index (χ2n) is 4.58. The van der Waals surface area contributed by atoms with Gasteiger partial charge in [-0.15, -0.1) is 0 Å². The number of rotatable bonds is 4. The third-order valence-electron chi connectivity index (χ3n) is 2.83. The Bertz CT molecular complexity index is 602. The lowest BCUT2D eigenvalue weighted by atomic mass is 10.1. The van der Waals surface area contributed by atoms with Crippen LogP contribution in [0.5, 0.6) is 0 Å². The van der Waals surface area contributed by atoms with Crippen molar-refractivity contribution < 1.29 is 4.79 Å². The standard InChI is InChI=1S/C12H18N4O3/c1-7(5-9(13)17)6-14-10-8(2)11(18)16(4)12(19)15(10)3/h6-7H,5H2,1-4H3,(H2,13,17)/b14-6-. The van der Waals surface area contributed by atoms with Gasteiger partial charge in [0.2, 0.25) is 5.91 Å². The number of primary amides is 1. The largest absolute Gasteiger partial charge is 0.370 e. The van der Waals surface area contributed by atoms with Crippen molar-refractivity contribution in [2.24, 2.45) is 30.7 Å². The van der Waals surface area contributed by atoms with Crippen LogP contribution in [0.15, 0.2) is 14.6 Å². The summed E-state index contributed by atoms with van der Waals surface area (Å²) in [6.45, 7) is 3.38. The van der Waals surface area contributed by atoms with E-state index in [1.165, 1.54) is 17.8 Å². The van der Waals surface area contributed by atoms with Crippen molar-refractivity contribution in [1.29, 1.82) is 0 Å². The monoisotopic (exact) mass is 266 g/mol. The summed E-state index contributed by atoms with van der Waals surface area (Å²) < 4.78 is 2.32. The minimum Gasteiger partial charge on any atom is -0.370 e. The summed E-state index contributed by atoms with van der Waals surface area (Å²) in [4.78, 5) is 38.4. The second-order valence-corrected chi connectivity index (χ2v) is 4.58. The van der Waals surface area contributed by atoms with Crippen LogP contribution in [-0.2, 0) is 18.9 Å². The van der Waals surface area contributed by atoms with Gasteiger partial charge in [0.1, 0.15) is 5.82 Å². The van der Waals surface area contributed by atoms with Gasteiger partial charge in [-0.3, -0.25) is 18.7 Å². The molecule has 104 valence electrons. The van der Waals surface area contributed by atoms with Gasteiger partial charge < -0.3 is 5.73 Å². The number of nitrogens with zero attached hydrogens (tertiary/aromatic N) is 3. The van der Waals surface area contributed by atoms with Gasteiger partial charge in [0.05, 0.1) is 5.56 Å². The number of nitrogens with two attached hydrogens (primary N) is 1. The van der Waals surface area contributed by atoms with Crippen molar-refractivity contribution in [3.63, 3.8) is 0 Å². The Hall–Kier alpha value is -2.18. The molecule has 0 radical (unpaired) electrons. The van der Waals surface area contributed by atoms with Crippen molar-refractivity contribution in [1.82, 2.24) is 9.13 Å². The molecule has 0 aliphatic rings. The highest BCUT2D eigenvalue weighted by molar-refractivity contribution is 5.78. The topological polar surface area (TPSA) is 99.4 Å². The highest BCUT2D eigenvalue weighted by Gasteiger charge is 2.11. The Kier molecular flexibility index (Phi) is 4.42. The number of carbonyl (C=O) groups excluding carboxylic acids is 1. The molecule has 7 nitrogen and oxygen atoms in total. The third kappa shape index (κ3) is 3.18. The molecular formula is C12H18N4O3. The molecule has 1 aromatic rings. The average Bonchev–Trinajstić information content (AvgIpc) is 2.33. The first kappa shape index (κ1) is 14.9. The molecule has 1 heterocycles. The first-order valence-electron chi connectivity index (χ1n) is 5.84. The molecule has 0 fully saturated rings. The lowest BCUT2D eigenvalue weighted by molar-refractivity contribution is -0.118. The van der Waals surface area contributed by atoms with E-state index in [-0.39, 0.29) is 17.9 Å². The minimum atomic E-state index is -0.440. The van der Waals surface area contributed by atoms with E-state index in [1.807, 2.05) is 0 Å². The van der Waals surface area contributed by atoms with E-state index in [9.17, 15) is 14.4 Å². The Morgan fingerprint density at radius 2 is 1.95 bits per heavy atom.